The third-order valence-corrected chi connectivity index (χ3v) is 9.82. The van der Waals surface area contributed by atoms with E-state index in [9.17, 15) is 5.26 Å². The zero-order valence-electron chi connectivity index (χ0n) is 25.8. The van der Waals surface area contributed by atoms with E-state index in [2.05, 4.69) is 173 Å². The molecule has 1 atom stereocenters. The Morgan fingerprint density at radius 3 is 1.74 bits per heavy atom. The molecule has 6 aromatic carbocycles. The molecule has 1 aliphatic carbocycles. The van der Waals surface area contributed by atoms with Crippen LogP contribution in [-0.2, 0) is 6.54 Å². The molecule has 0 spiro atoms. The Labute approximate surface area is 273 Å². The molecule has 1 aliphatic rings. The minimum Gasteiger partial charge on any atom is -0.340 e. The van der Waals surface area contributed by atoms with Gasteiger partial charge in [-0.25, -0.2) is 0 Å². The first-order valence-corrected chi connectivity index (χ1v) is 16.3. The summed E-state index contributed by atoms with van der Waals surface area (Å²) in [4.78, 5) is 0. The van der Waals surface area contributed by atoms with E-state index in [4.69, 9.17) is 0 Å². The largest absolute Gasteiger partial charge is 0.340 e. The third-order valence-electron chi connectivity index (χ3n) is 9.82. The van der Waals surface area contributed by atoms with Crippen LogP contribution in [0.5, 0.6) is 0 Å². The SMILES string of the molecule is N#CC1=C(c2cccc(-c3ccccc3-n3c4ccccc4c4ccccc43)c2)C=CCC1Cn1c2ccccc2c2ccccc21. The minimum absolute atomic E-state index is 0.0766. The van der Waals surface area contributed by atoms with Gasteiger partial charge in [0.25, 0.3) is 0 Å². The molecule has 8 aromatic rings. The minimum atomic E-state index is 0.0766. The van der Waals surface area contributed by atoms with Gasteiger partial charge in [0, 0.05) is 56.2 Å². The lowest BCUT2D eigenvalue weighted by molar-refractivity contribution is 0.539. The number of hydrogen-bond acceptors (Lipinski definition) is 1. The van der Waals surface area contributed by atoms with E-state index in [0.717, 1.165) is 46.5 Å². The van der Waals surface area contributed by atoms with Crippen molar-refractivity contribution in [3.05, 3.63) is 169 Å². The zero-order valence-corrected chi connectivity index (χ0v) is 25.8. The van der Waals surface area contributed by atoms with Crippen LogP contribution in [0.15, 0.2) is 163 Å². The van der Waals surface area contributed by atoms with Crippen molar-refractivity contribution in [2.24, 2.45) is 5.92 Å². The number of rotatable bonds is 5. The average Bonchev–Trinajstić information content (AvgIpc) is 3.64. The summed E-state index contributed by atoms with van der Waals surface area (Å²) < 4.78 is 4.79. The summed E-state index contributed by atoms with van der Waals surface area (Å²) in [5.41, 5.74) is 11.2. The molecule has 1 unspecified atom stereocenters. The highest BCUT2D eigenvalue weighted by Crippen LogP contribution is 2.39. The standard InChI is InChI=1S/C44H31N3/c45-28-39-32(29-46-40-22-6-2-17-35(40)36-18-3-7-23-41(36)46)15-12-21-33(39)30-13-11-14-31(27-30)34-16-1-8-24-42(34)47-43-25-9-4-19-37(43)38-20-5-10-26-44(38)47/h1-14,16-27,32H,15,29H2. The number of benzene rings is 6. The van der Waals surface area contributed by atoms with Crippen LogP contribution in [0.25, 0.3) is 66.0 Å². The van der Waals surface area contributed by atoms with Crippen LogP contribution < -0.4 is 0 Å². The van der Waals surface area contributed by atoms with Crippen molar-refractivity contribution in [2.75, 3.05) is 0 Å². The predicted octanol–water partition coefficient (Wildman–Crippen LogP) is 11.1. The van der Waals surface area contributed by atoms with E-state index >= 15 is 0 Å². The quantitative estimate of drug-likeness (QED) is 0.193. The first kappa shape index (κ1) is 27.2. The van der Waals surface area contributed by atoms with Crippen molar-refractivity contribution >= 4 is 49.2 Å². The Kier molecular flexibility index (Phi) is 6.40. The number of hydrogen-bond donors (Lipinski definition) is 0. The molecule has 0 bridgehead atoms. The zero-order chi connectivity index (χ0) is 31.3. The molecule has 0 N–H and O–H groups in total. The van der Waals surface area contributed by atoms with Crippen LogP contribution in [0, 0.1) is 17.2 Å². The Balaban J connectivity index is 1.16. The van der Waals surface area contributed by atoms with Crippen LogP contribution >= 0.6 is 0 Å². The van der Waals surface area contributed by atoms with Gasteiger partial charge in [-0.15, -0.1) is 0 Å². The Hall–Kier alpha value is -6.11. The van der Waals surface area contributed by atoms with Crippen LogP contribution in [0.3, 0.4) is 0 Å². The summed E-state index contributed by atoms with van der Waals surface area (Å²) in [6.07, 6.45) is 5.23. The van der Waals surface area contributed by atoms with Crippen molar-refractivity contribution in [2.45, 2.75) is 13.0 Å². The first-order chi connectivity index (χ1) is 23.3. The Bertz CT molecular complexity index is 2500. The molecule has 2 heterocycles. The highest BCUT2D eigenvalue weighted by atomic mass is 15.0. The van der Waals surface area contributed by atoms with Crippen LogP contribution in [-0.4, -0.2) is 9.13 Å². The molecule has 2 aromatic heterocycles. The van der Waals surface area contributed by atoms with Gasteiger partial charge in [0.2, 0.25) is 0 Å². The fourth-order valence-corrected chi connectivity index (χ4v) is 7.72. The first-order valence-electron chi connectivity index (χ1n) is 16.3. The number of allylic oxidation sites excluding steroid dienone is 4. The normalized spacial score (nSPS) is 14.8. The maximum atomic E-state index is 10.7. The summed E-state index contributed by atoms with van der Waals surface area (Å²) in [6, 6.07) is 54.5. The number of aromatic nitrogens is 2. The molecular formula is C44H31N3. The topological polar surface area (TPSA) is 33.6 Å². The van der Waals surface area contributed by atoms with Gasteiger partial charge < -0.3 is 9.13 Å². The molecule has 9 rings (SSSR count). The molecule has 222 valence electrons. The van der Waals surface area contributed by atoms with Crippen molar-refractivity contribution in [3.63, 3.8) is 0 Å². The number of nitrogens with zero attached hydrogens (tertiary/aromatic N) is 3. The van der Waals surface area contributed by atoms with Gasteiger partial charge in [0.1, 0.15) is 0 Å². The van der Waals surface area contributed by atoms with E-state index in [1.807, 2.05) is 0 Å². The molecular weight excluding hydrogens is 571 g/mol. The lowest BCUT2D eigenvalue weighted by Gasteiger charge is -2.23. The Morgan fingerprint density at radius 2 is 1.11 bits per heavy atom. The summed E-state index contributed by atoms with van der Waals surface area (Å²) in [7, 11) is 0. The molecule has 47 heavy (non-hydrogen) atoms. The highest BCUT2D eigenvalue weighted by molar-refractivity contribution is 6.10. The second-order valence-electron chi connectivity index (χ2n) is 12.4. The Morgan fingerprint density at radius 1 is 0.574 bits per heavy atom. The smallest absolute Gasteiger partial charge is 0.0957 e. The van der Waals surface area contributed by atoms with Gasteiger partial charge in [-0.2, -0.15) is 5.26 Å². The molecule has 0 saturated carbocycles. The molecule has 0 aliphatic heterocycles. The fraction of sp³-hybridized carbons (Fsp3) is 0.0682. The van der Waals surface area contributed by atoms with Crippen LogP contribution in [0.4, 0.5) is 0 Å². The lowest BCUT2D eigenvalue weighted by atomic mass is 9.84. The van der Waals surface area contributed by atoms with Crippen LogP contribution in [0.1, 0.15) is 12.0 Å². The summed E-state index contributed by atoms with van der Waals surface area (Å²) in [5, 5.41) is 15.7. The van der Waals surface area contributed by atoms with Crippen molar-refractivity contribution in [1.29, 1.82) is 5.26 Å². The van der Waals surface area contributed by atoms with E-state index < -0.39 is 0 Å². The molecule has 0 amide bonds. The molecule has 0 fully saturated rings. The number of para-hydroxylation sites is 5. The van der Waals surface area contributed by atoms with Gasteiger partial charge in [-0.05, 0) is 59.5 Å². The summed E-state index contributed by atoms with van der Waals surface area (Å²) >= 11 is 0. The van der Waals surface area contributed by atoms with E-state index in [-0.39, 0.29) is 5.92 Å². The predicted molar refractivity (Wildman–Crippen MR) is 195 cm³/mol. The molecule has 0 radical (unpaired) electrons. The van der Waals surface area contributed by atoms with Gasteiger partial charge in [-0.3, -0.25) is 0 Å². The van der Waals surface area contributed by atoms with Crippen molar-refractivity contribution in [3.8, 4) is 22.9 Å². The third kappa shape index (κ3) is 4.34. The molecule has 3 heteroatoms. The van der Waals surface area contributed by atoms with E-state index in [1.165, 1.54) is 43.6 Å². The summed E-state index contributed by atoms with van der Waals surface area (Å²) in [6.45, 7) is 0.751. The number of fused-ring (bicyclic) bond motifs is 6. The van der Waals surface area contributed by atoms with Crippen molar-refractivity contribution in [1.82, 2.24) is 9.13 Å². The fourth-order valence-electron chi connectivity index (χ4n) is 7.72. The van der Waals surface area contributed by atoms with E-state index in [0.29, 0.717) is 0 Å². The molecule has 3 nitrogen and oxygen atoms in total. The lowest BCUT2D eigenvalue weighted by Crippen LogP contribution is -2.15. The highest BCUT2D eigenvalue weighted by Gasteiger charge is 2.24. The monoisotopic (exact) mass is 601 g/mol. The maximum absolute atomic E-state index is 10.7. The van der Waals surface area contributed by atoms with Gasteiger partial charge in [-0.1, -0.05) is 121 Å². The molecule has 0 saturated heterocycles. The average molecular weight is 602 g/mol. The van der Waals surface area contributed by atoms with Gasteiger partial charge in [0.15, 0.2) is 0 Å². The van der Waals surface area contributed by atoms with Gasteiger partial charge >= 0.3 is 0 Å². The second kappa shape index (κ2) is 11.1. The second-order valence-corrected chi connectivity index (χ2v) is 12.4. The van der Waals surface area contributed by atoms with Crippen LogP contribution in [0.2, 0.25) is 0 Å². The van der Waals surface area contributed by atoms with E-state index in [1.54, 1.807) is 0 Å². The summed E-state index contributed by atoms with van der Waals surface area (Å²) in [5.74, 6) is 0.0766. The van der Waals surface area contributed by atoms with Crippen molar-refractivity contribution < 1.29 is 0 Å². The maximum Gasteiger partial charge on any atom is 0.0957 e. The van der Waals surface area contributed by atoms with Gasteiger partial charge in [0.05, 0.1) is 22.8 Å². The number of nitriles is 1.